The van der Waals surface area contributed by atoms with Crippen LogP contribution < -0.4 is 43.8 Å². The molecule has 36 heavy (non-hydrogen) atoms. The molecule has 0 fully saturated rings. The Labute approximate surface area is 240 Å². The topological polar surface area (TPSA) is 144 Å². The van der Waals surface area contributed by atoms with Crippen LogP contribution in [0.5, 0.6) is 5.75 Å². The molecule has 3 aromatic rings. The molecule has 0 atom stereocenters. The van der Waals surface area contributed by atoms with E-state index in [-0.39, 0.29) is 67.3 Å². The predicted octanol–water partition coefficient (Wildman–Crippen LogP) is 0.0991. The molecule has 1 aliphatic heterocycles. The van der Waals surface area contributed by atoms with E-state index in [0.717, 1.165) is 0 Å². The SMILES string of the molecule is O=S(=O)([O-])CCCN1C(=Cc2oc3ccc(Cl)cc3[n+]2CCCS(=O)(=O)[O-])Oc2ccc(Cl)cc21.[Na+]. The smallest absolute Gasteiger partial charge is 0.748 e. The predicted molar refractivity (Wildman–Crippen MR) is 127 cm³/mol. The van der Waals surface area contributed by atoms with Gasteiger partial charge in [-0.05, 0) is 36.8 Å². The summed E-state index contributed by atoms with van der Waals surface area (Å²) in [5, 5.41) is 0.865. The third-order valence-corrected chi connectivity index (χ3v) is 7.23. The maximum absolute atomic E-state index is 11.1. The maximum atomic E-state index is 11.1. The second-order valence-electron chi connectivity index (χ2n) is 7.78. The van der Waals surface area contributed by atoms with Gasteiger partial charge in [-0.15, -0.1) is 0 Å². The summed E-state index contributed by atoms with van der Waals surface area (Å²) < 4.78 is 80.1. The summed E-state index contributed by atoms with van der Waals surface area (Å²) in [6.07, 6.45) is 1.63. The van der Waals surface area contributed by atoms with Crippen molar-refractivity contribution < 1.29 is 69.2 Å². The average molecular weight is 585 g/mol. The van der Waals surface area contributed by atoms with Gasteiger partial charge in [0.1, 0.15) is 6.08 Å². The zero-order chi connectivity index (χ0) is 25.4. The Morgan fingerprint density at radius 2 is 1.58 bits per heavy atom. The van der Waals surface area contributed by atoms with Crippen molar-refractivity contribution in [3.63, 3.8) is 0 Å². The van der Waals surface area contributed by atoms with Crippen LogP contribution in [0, 0.1) is 0 Å². The molecule has 1 aromatic heterocycles. The van der Waals surface area contributed by atoms with E-state index >= 15 is 0 Å². The Hall–Kier alpha value is -1.35. The molecular weight excluding hydrogens is 566 g/mol. The number of oxazole rings is 1. The van der Waals surface area contributed by atoms with Gasteiger partial charge in [-0.3, -0.25) is 0 Å². The molecule has 188 valence electrons. The van der Waals surface area contributed by atoms with Crippen molar-refractivity contribution in [1.82, 2.24) is 0 Å². The number of aryl methyl sites for hydroxylation is 1. The van der Waals surface area contributed by atoms with Crippen molar-refractivity contribution in [3.05, 3.63) is 58.2 Å². The van der Waals surface area contributed by atoms with Gasteiger partial charge >= 0.3 is 35.4 Å². The first-order valence-corrected chi connectivity index (χ1v) is 14.3. The largest absolute Gasteiger partial charge is 1.00 e. The molecule has 2 heterocycles. The number of benzene rings is 2. The summed E-state index contributed by atoms with van der Waals surface area (Å²) in [6.45, 7) is 0.280. The summed E-state index contributed by atoms with van der Waals surface area (Å²) in [5.74, 6) is -0.0884. The molecule has 0 bridgehead atoms. The van der Waals surface area contributed by atoms with Crippen LogP contribution in [0.4, 0.5) is 5.69 Å². The van der Waals surface area contributed by atoms with Gasteiger partial charge in [0.05, 0.1) is 25.9 Å². The van der Waals surface area contributed by atoms with Gasteiger partial charge in [0.15, 0.2) is 12.3 Å². The number of hydrogen-bond donors (Lipinski definition) is 0. The van der Waals surface area contributed by atoms with E-state index in [9.17, 15) is 25.9 Å². The van der Waals surface area contributed by atoms with Gasteiger partial charge in [0, 0.05) is 40.6 Å². The Morgan fingerprint density at radius 3 is 2.28 bits per heavy atom. The van der Waals surface area contributed by atoms with Crippen molar-refractivity contribution in [2.24, 2.45) is 0 Å². The van der Waals surface area contributed by atoms with Gasteiger partial charge in [0.25, 0.3) is 5.52 Å². The molecule has 0 aliphatic carbocycles. The Balaban J connectivity index is 0.00000361. The molecule has 10 nitrogen and oxygen atoms in total. The fourth-order valence-corrected chi connectivity index (χ4v) is 5.03. The second-order valence-corrected chi connectivity index (χ2v) is 11.7. The summed E-state index contributed by atoms with van der Waals surface area (Å²) in [7, 11) is -8.80. The van der Waals surface area contributed by atoms with E-state index in [2.05, 4.69) is 0 Å². The number of anilines is 1. The molecule has 4 rings (SSSR count). The average Bonchev–Trinajstić information content (AvgIpc) is 3.24. The molecule has 15 heteroatoms. The van der Waals surface area contributed by atoms with Gasteiger partial charge < -0.3 is 23.2 Å². The van der Waals surface area contributed by atoms with Crippen LogP contribution in [0.25, 0.3) is 17.2 Å². The molecule has 0 N–H and O–H groups in total. The third kappa shape index (κ3) is 7.36. The van der Waals surface area contributed by atoms with E-state index in [0.29, 0.717) is 32.6 Å². The molecule has 0 radical (unpaired) electrons. The molecule has 0 amide bonds. The number of halogens is 2. The number of rotatable bonds is 9. The molecule has 2 aromatic carbocycles. The normalized spacial score (nSPS) is 14.7. The minimum Gasteiger partial charge on any atom is -0.748 e. The standard InChI is InChI=1S/C21H20Cl2N2O8S2.Na/c22-14-3-5-18-16(11-14)24(7-1-9-34(26,27)28)20(32-18)13-21-25(8-2-10-35(29,30)31)17-12-15(23)4-6-19(17)33-21;/h3-6,11-13H,1-2,7-10H2,(H-,26,27,28,29,30,31);/q;+1/p-1. The van der Waals surface area contributed by atoms with Crippen LogP contribution in [-0.4, -0.2) is 44.0 Å². The first kappa shape index (κ1) is 29.2. The zero-order valence-electron chi connectivity index (χ0n) is 19.0. The minimum atomic E-state index is -4.40. The van der Waals surface area contributed by atoms with Gasteiger partial charge in [-0.1, -0.05) is 23.2 Å². The van der Waals surface area contributed by atoms with Gasteiger partial charge in [0.2, 0.25) is 11.5 Å². The second kappa shape index (κ2) is 11.6. The van der Waals surface area contributed by atoms with Gasteiger partial charge in [-0.25, -0.2) is 16.8 Å². The molecule has 1 aliphatic rings. The van der Waals surface area contributed by atoms with Gasteiger partial charge in [-0.2, -0.15) is 4.57 Å². The van der Waals surface area contributed by atoms with Crippen molar-refractivity contribution in [1.29, 1.82) is 0 Å². The molecule has 0 spiro atoms. The number of ether oxygens (including phenoxy) is 1. The maximum Gasteiger partial charge on any atom is 1.00 e. The number of fused-ring (bicyclic) bond motifs is 2. The summed E-state index contributed by atoms with van der Waals surface area (Å²) in [4.78, 5) is 1.67. The van der Waals surface area contributed by atoms with Crippen molar-refractivity contribution in [2.75, 3.05) is 23.0 Å². The number of aromatic nitrogens is 1. The zero-order valence-corrected chi connectivity index (χ0v) is 24.2. The van der Waals surface area contributed by atoms with Crippen LogP contribution in [0.2, 0.25) is 10.0 Å². The summed E-state index contributed by atoms with van der Waals surface area (Å²) >= 11 is 12.3. The number of hydrogen-bond acceptors (Lipinski definition) is 9. The Kier molecular flexibility index (Phi) is 9.40. The van der Waals surface area contributed by atoms with Crippen LogP contribution >= 0.6 is 23.2 Å². The van der Waals surface area contributed by atoms with Crippen molar-refractivity contribution in [3.8, 4) is 5.75 Å². The summed E-state index contributed by atoms with van der Waals surface area (Å²) in [6, 6.07) is 9.87. The third-order valence-electron chi connectivity index (χ3n) is 5.18. The minimum absolute atomic E-state index is 0. The van der Waals surface area contributed by atoms with E-state index in [4.69, 9.17) is 32.4 Å². The van der Waals surface area contributed by atoms with Crippen LogP contribution in [0.1, 0.15) is 18.7 Å². The fourth-order valence-electron chi connectivity index (χ4n) is 3.73. The van der Waals surface area contributed by atoms with Crippen LogP contribution in [0.15, 0.2) is 46.7 Å². The van der Waals surface area contributed by atoms with E-state index < -0.39 is 31.7 Å². The van der Waals surface area contributed by atoms with E-state index in [1.807, 2.05) is 0 Å². The monoisotopic (exact) mass is 584 g/mol. The van der Waals surface area contributed by atoms with Crippen LogP contribution in [0.3, 0.4) is 0 Å². The summed E-state index contributed by atoms with van der Waals surface area (Å²) in [5.41, 5.74) is 1.62. The fraction of sp³-hybridized carbons (Fsp3) is 0.286. The number of nitrogens with zero attached hydrogens (tertiary/aromatic N) is 2. The molecular formula is C21H19Cl2N2NaO8S2. The molecule has 0 unspecified atom stereocenters. The van der Waals surface area contributed by atoms with E-state index in [1.54, 1.807) is 51.9 Å². The molecule has 0 saturated carbocycles. The van der Waals surface area contributed by atoms with Crippen LogP contribution in [-0.2, 0) is 26.8 Å². The van der Waals surface area contributed by atoms with Crippen molar-refractivity contribution in [2.45, 2.75) is 19.4 Å². The quantitative estimate of drug-likeness (QED) is 0.194. The first-order valence-electron chi connectivity index (χ1n) is 10.4. The first-order chi connectivity index (χ1) is 16.4. The van der Waals surface area contributed by atoms with Crippen molar-refractivity contribution >= 4 is 66.3 Å². The van der Waals surface area contributed by atoms with E-state index in [1.165, 1.54) is 0 Å². The molecule has 0 saturated heterocycles. The Bertz CT molecular complexity index is 1520. The Morgan fingerprint density at radius 1 is 0.944 bits per heavy atom.